The molecule has 0 aromatic carbocycles. The van der Waals surface area contributed by atoms with E-state index in [1.165, 1.54) is 32.4 Å². The van der Waals surface area contributed by atoms with Crippen LogP contribution in [-0.4, -0.2) is 76.6 Å². The Morgan fingerprint density at radius 1 is 1.20 bits per heavy atom. The zero-order valence-corrected chi connectivity index (χ0v) is 18.7. The van der Waals surface area contributed by atoms with Crippen molar-refractivity contribution in [3.63, 3.8) is 0 Å². The molecule has 30 heavy (non-hydrogen) atoms. The van der Waals surface area contributed by atoms with Crippen molar-refractivity contribution in [1.29, 1.82) is 0 Å². The third-order valence-corrected chi connectivity index (χ3v) is 6.16. The van der Waals surface area contributed by atoms with Gasteiger partial charge in [-0.15, -0.1) is 0 Å². The minimum Gasteiger partial charge on any atom is -0.372 e. The Bertz CT molecular complexity index is 870. The fraction of sp³-hybridized carbons (Fsp3) is 0.636. The maximum Gasteiger partial charge on any atom is 0.274 e. The van der Waals surface area contributed by atoms with Gasteiger partial charge in [0.05, 0.1) is 22.9 Å². The first kappa shape index (κ1) is 21.6. The number of piperidine rings is 1. The van der Waals surface area contributed by atoms with Crippen molar-refractivity contribution < 1.29 is 9.53 Å². The van der Waals surface area contributed by atoms with Crippen molar-refractivity contribution >= 4 is 23.2 Å². The maximum atomic E-state index is 13.4. The van der Waals surface area contributed by atoms with Crippen molar-refractivity contribution in [2.24, 2.45) is 0 Å². The highest BCUT2D eigenvalue weighted by atomic mass is 35.5. The Kier molecular flexibility index (Phi) is 6.93. The lowest BCUT2D eigenvalue weighted by molar-refractivity contribution is -0.0587. The summed E-state index contributed by atoms with van der Waals surface area (Å²) in [6, 6.07) is 3.67. The first-order valence-electron chi connectivity index (χ1n) is 11.1. The predicted molar refractivity (Wildman–Crippen MR) is 118 cm³/mol. The SMILES string of the molecule is C[C@@H]1CN(C(=O)c2nc3ccc(Cl)cn3c2CNCCN2CCCCC2)C[C@H](C)O1. The highest BCUT2D eigenvalue weighted by Gasteiger charge is 2.30. The van der Waals surface area contributed by atoms with Gasteiger partial charge in [0.1, 0.15) is 5.65 Å². The Labute approximate surface area is 183 Å². The van der Waals surface area contributed by atoms with Crippen molar-refractivity contribution in [2.75, 3.05) is 39.3 Å². The number of nitrogens with one attached hydrogen (secondary N) is 1. The molecule has 2 aromatic heterocycles. The maximum absolute atomic E-state index is 13.4. The second-order valence-electron chi connectivity index (χ2n) is 8.53. The van der Waals surface area contributed by atoms with E-state index in [-0.39, 0.29) is 18.1 Å². The second-order valence-corrected chi connectivity index (χ2v) is 8.97. The topological polar surface area (TPSA) is 62.1 Å². The number of aromatic nitrogens is 2. The lowest BCUT2D eigenvalue weighted by Crippen LogP contribution is -2.48. The fourth-order valence-corrected chi connectivity index (χ4v) is 4.69. The van der Waals surface area contributed by atoms with Gasteiger partial charge in [0.2, 0.25) is 0 Å². The number of fused-ring (bicyclic) bond motifs is 1. The number of nitrogens with zero attached hydrogens (tertiary/aromatic N) is 4. The number of morpholine rings is 1. The van der Waals surface area contributed by atoms with Crippen molar-refractivity contribution in [3.05, 3.63) is 34.7 Å². The van der Waals surface area contributed by atoms with Gasteiger partial charge in [-0.2, -0.15) is 0 Å². The molecule has 2 atom stereocenters. The lowest BCUT2D eigenvalue weighted by atomic mass is 10.1. The molecule has 0 bridgehead atoms. The molecule has 2 aromatic rings. The molecule has 2 aliphatic heterocycles. The third-order valence-electron chi connectivity index (χ3n) is 5.94. The van der Waals surface area contributed by atoms with E-state index in [4.69, 9.17) is 16.3 Å². The lowest BCUT2D eigenvalue weighted by Gasteiger charge is -2.35. The molecule has 0 spiro atoms. The van der Waals surface area contributed by atoms with Gasteiger partial charge in [-0.1, -0.05) is 18.0 Å². The van der Waals surface area contributed by atoms with Gasteiger partial charge in [-0.25, -0.2) is 4.98 Å². The summed E-state index contributed by atoms with van der Waals surface area (Å²) in [6.07, 6.45) is 5.82. The zero-order valence-electron chi connectivity index (χ0n) is 17.9. The molecule has 4 rings (SSSR count). The molecule has 7 nitrogen and oxygen atoms in total. The Morgan fingerprint density at radius 2 is 1.93 bits per heavy atom. The standard InChI is InChI=1S/C22H32ClN5O2/c1-16-13-27(14-17(2)30-16)22(29)21-19(28-15-18(23)6-7-20(28)25-21)12-24-8-11-26-9-4-3-5-10-26/h6-7,15-17,24H,3-5,8-14H2,1-2H3/t16-,17+. The number of pyridine rings is 1. The number of carbonyl (C=O) groups is 1. The van der Waals surface area contributed by atoms with Gasteiger partial charge in [0.15, 0.2) is 5.69 Å². The largest absolute Gasteiger partial charge is 0.372 e. The molecule has 164 valence electrons. The number of hydrogen-bond acceptors (Lipinski definition) is 5. The number of hydrogen-bond donors (Lipinski definition) is 1. The molecule has 0 radical (unpaired) electrons. The molecular formula is C22H32ClN5O2. The highest BCUT2D eigenvalue weighted by Crippen LogP contribution is 2.20. The molecule has 8 heteroatoms. The van der Waals surface area contributed by atoms with E-state index in [0.29, 0.717) is 30.4 Å². The molecule has 1 amide bonds. The van der Waals surface area contributed by atoms with Crippen LogP contribution >= 0.6 is 11.6 Å². The summed E-state index contributed by atoms with van der Waals surface area (Å²) in [4.78, 5) is 22.4. The molecule has 0 saturated carbocycles. The number of imidazole rings is 1. The Balaban J connectivity index is 1.51. The van der Waals surface area contributed by atoms with Crippen LogP contribution < -0.4 is 5.32 Å². The van der Waals surface area contributed by atoms with Crippen LogP contribution in [-0.2, 0) is 11.3 Å². The van der Waals surface area contributed by atoms with E-state index in [1.54, 1.807) is 0 Å². The minimum absolute atomic E-state index is 0.0234. The zero-order chi connectivity index (χ0) is 21.1. The van der Waals surface area contributed by atoms with Gasteiger partial charge in [-0.3, -0.25) is 4.79 Å². The molecular weight excluding hydrogens is 402 g/mol. The van der Waals surface area contributed by atoms with Crippen LogP contribution in [0.5, 0.6) is 0 Å². The van der Waals surface area contributed by atoms with Crippen LogP contribution in [0.1, 0.15) is 49.3 Å². The quantitative estimate of drug-likeness (QED) is 0.710. The molecule has 2 aliphatic rings. The van der Waals surface area contributed by atoms with E-state index in [0.717, 1.165) is 24.4 Å². The fourth-order valence-electron chi connectivity index (χ4n) is 4.53. The van der Waals surface area contributed by atoms with Gasteiger partial charge >= 0.3 is 0 Å². The summed E-state index contributed by atoms with van der Waals surface area (Å²) >= 11 is 6.24. The first-order valence-corrected chi connectivity index (χ1v) is 11.4. The molecule has 2 saturated heterocycles. The molecule has 2 fully saturated rings. The van der Waals surface area contributed by atoms with Gasteiger partial charge in [0.25, 0.3) is 5.91 Å². The second kappa shape index (κ2) is 9.64. The number of ether oxygens (including phenoxy) is 1. The van der Waals surface area contributed by atoms with Crippen LogP contribution in [0.25, 0.3) is 5.65 Å². The number of amides is 1. The predicted octanol–water partition coefficient (Wildman–Crippen LogP) is 2.81. The number of likely N-dealkylation sites (tertiary alicyclic amines) is 1. The molecule has 1 N–H and O–H groups in total. The van der Waals surface area contributed by atoms with Crippen LogP contribution in [0.15, 0.2) is 18.3 Å². The summed E-state index contributed by atoms with van der Waals surface area (Å²) in [5.74, 6) is -0.0374. The smallest absolute Gasteiger partial charge is 0.274 e. The first-order chi connectivity index (χ1) is 14.5. The summed E-state index contributed by atoms with van der Waals surface area (Å²) in [7, 11) is 0. The minimum atomic E-state index is -0.0374. The number of carbonyl (C=O) groups excluding carboxylic acids is 1. The third kappa shape index (κ3) is 4.97. The summed E-state index contributed by atoms with van der Waals surface area (Å²) in [6.45, 7) is 10.0. The van der Waals surface area contributed by atoms with Crippen LogP contribution in [0.3, 0.4) is 0 Å². The van der Waals surface area contributed by atoms with E-state index in [2.05, 4.69) is 15.2 Å². The van der Waals surface area contributed by atoms with Crippen LogP contribution in [0.2, 0.25) is 5.02 Å². The monoisotopic (exact) mass is 433 g/mol. The van der Waals surface area contributed by atoms with Crippen molar-refractivity contribution in [1.82, 2.24) is 24.5 Å². The number of halogens is 1. The van der Waals surface area contributed by atoms with Gasteiger partial charge < -0.3 is 24.3 Å². The molecule has 0 unspecified atom stereocenters. The Morgan fingerprint density at radius 3 is 2.67 bits per heavy atom. The van der Waals surface area contributed by atoms with Crippen LogP contribution in [0.4, 0.5) is 0 Å². The van der Waals surface area contributed by atoms with Gasteiger partial charge in [-0.05, 0) is 51.9 Å². The summed E-state index contributed by atoms with van der Waals surface area (Å²) in [5, 5.41) is 4.15. The van der Waals surface area contributed by atoms with E-state index in [9.17, 15) is 4.79 Å². The average molecular weight is 434 g/mol. The Hall–Kier alpha value is -1.67. The molecule has 0 aliphatic carbocycles. The van der Waals surface area contributed by atoms with Gasteiger partial charge in [0, 0.05) is 38.9 Å². The average Bonchev–Trinajstić information content (AvgIpc) is 3.08. The molecule has 4 heterocycles. The highest BCUT2D eigenvalue weighted by molar-refractivity contribution is 6.30. The van der Waals surface area contributed by atoms with E-state index >= 15 is 0 Å². The summed E-state index contributed by atoms with van der Waals surface area (Å²) < 4.78 is 7.73. The summed E-state index contributed by atoms with van der Waals surface area (Å²) in [5.41, 5.74) is 2.11. The van der Waals surface area contributed by atoms with E-state index < -0.39 is 0 Å². The van der Waals surface area contributed by atoms with Crippen LogP contribution in [0, 0.1) is 0 Å². The normalized spacial score (nSPS) is 23.2. The van der Waals surface area contributed by atoms with Crippen molar-refractivity contribution in [2.45, 2.75) is 51.9 Å². The van der Waals surface area contributed by atoms with E-state index in [1.807, 2.05) is 41.5 Å². The number of rotatable bonds is 6. The van der Waals surface area contributed by atoms with Crippen molar-refractivity contribution in [3.8, 4) is 0 Å².